The van der Waals surface area contributed by atoms with E-state index in [1.165, 1.54) is 6.20 Å². The number of nitrogens with zero attached hydrogens (tertiary/aromatic N) is 3. The van der Waals surface area contributed by atoms with Crippen molar-refractivity contribution in [3.05, 3.63) is 23.5 Å². The molecule has 1 aliphatic rings. The Bertz CT molecular complexity index is 425. The van der Waals surface area contributed by atoms with Gasteiger partial charge in [-0.05, 0) is 0 Å². The average molecular weight is 203 g/mol. The van der Waals surface area contributed by atoms with Crippen molar-refractivity contribution in [3.63, 3.8) is 0 Å². The van der Waals surface area contributed by atoms with E-state index < -0.39 is 0 Å². The van der Waals surface area contributed by atoms with Gasteiger partial charge in [0.2, 0.25) is 6.41 Å². The van der Waals surface area contributed by atoms with Crippen LogP contribution in [0.3, 0.4) is 0 Å². The van der Waals surface area contributed by atoms with Crippen molar-refractivity contribution >= 4 is 6.41 Å². The summed E-state index contributed by atoms with van der Waals surface area (Å²) in [4.78, 5) is 16.2. The molecule has 5 heteroatoms. The highest BCUT2D eigenvalue weighted by Crippen LogP contribution is 2.25. The number of amides is 1. The fourth-order valence-electron chi connectivity index (χ4n) is 1.51. The second kappa shape index (κ2) is 3.96. The summed E-state index contributed by atoms with van der Waals surface area (Å²) >= 11 is 0. The molecule has 76 valence electrons. The Balaban J connectivity index is 2.41. The number of ether oxygens (including phenoxy) is 1. The van der Waals surface area contributed by atoms with Gasteiger partial charge in [-0.2, -0.15) is 5.26 Å². The maximum absolute atomic E-state index is 10.7. The molecule has 0 aromatic carbocycles. The van der Waals surface area contributed by atoms with E-state index >= 15 is 0 Å². The van der Waals surface area contributed by atoms with Crippen molar-refractivity contribution in [1.29, 1.82) is 5.26 Å². The van der Waals surface area contributed by atoms with Crippen LogP contribution in [0, 0.1) is 11.3 Å². The number of rotatable bonds is 1. The summed E-state index contributed by atoms with van der Waals surface area (Å²) in [6.07, 6.45) is 3.87. The maximum atomic E-state index is 10.7. The van der Waals surface area contributed by atoms with Gasteiger partial charge in [0, 0.05) is 18.0 Å². The molecule has 5 nitrogen and oxygen atoms in total. The van der Waals surface area contributed by atoms with Crippen molar-refractivity contribution in [3.8, 4) is 11.8 Å². The van der Waals surface area contributed by atoms with Crippen LogP contribution in [-0.4, -0.2) is 29.4 Å². The zero-order valence-corrected chi connectivity index (χ0v) is 8.01. The summed E-state index contributed by atoms with van der Waals surface area (Å²) in [5, 5.41) is 8.86. The molecule has 0 radical (unpaired) electrons. The van der Waals surface area contributed by atoms with Crippen molar-refractivity contribution in [1.82, 2.24) is 9.88 Å². The van der Waals surface area contributed by atoms with Gasteiger partial charge in [0.1, 0.15) is 24.0 Å². The highest BCUT2D eigenvalue weighted by molar-refractivity contribution is 5.51. The highest BCUT2D eigenvalue weighted by atomic mass is 16.5. The second-order valence-electron chi connectivity index (χ2n) is 3.21. The van der Waals surface area contributed by atoms with Gasteiger partial charge >= 0.3 is 0 Å². The van der Waals surface area contributed by atoms with E-state index in [-0.39, 0.29) is 0 Å². The molecule has 0 atom stereocenters. The molecule has 1 amide bonds. The predicted octanol–water partition coefficient (Wildman–Crippen LogP) is 0.304. The Kier molecular flexibility index (Phi) is 2.50. The summed E-state index contributed by atoms with van der Waals surface area (Å²) in [7, 11) is 0. The lowest BCUT2D eigenvalue weighted by atomic mass is 10.2. The van der Waals surface area contributed by atoms with E-state index in [4.69, 9.17) is 10.00 Å². The van der Waals surface area contributed by atoms with Crippen molar-refractivity contribution in [2.75, 3.05) is 13.2 Å². The van der Waals surface area contributed by atoms with Crippen molar-refractivity contribution in [2.45, 2.75) is 6.54 Å². The monoisotopic (exact) mass is 203 g/mol. The van der Waals surface area contributed by atoms with Crippen LogP contribution in [0.25, 0.3) is 0 Å². The van der Waals surface area contributed by atoms with Crippen LogP contribution >= 0.6 is 0 Å². The van der Waals surface area contributed by atoms with Gasteiger partial charge in [-0.3, -0.25) is 9.78 Å². The number of hydrogen-bond donors (Lipinski definition) is 0. The van der Waals surface area contributed by atoms with Crippen LogP contribution < -0.4 is 4.74 Å². The maximum Gasteiger partial charge on any atom is 0.210 e. The zero-order chi connectivity index (χ0) is 10.7. The van der Waals surface area contributed by atoms with E-state index in [9.17, 15) is 4.79 Å². The quantitative estimate of drug-likeness (QED) is 0.616. The lowest BCUT2D eigenvalue weighted by molar-refractivity contribution is -0.118. The number of nitriles is 1. The first kappa shape index (κ1) is 9.46. The Morgan fingerprint density at radius 3 is 3.20 bits per heavy atom. The molecule has 0 spiro atoms. The van der Waals surface area contributed by atoms with E-state index in [1.807, 2.05) is 6.07 Å². The van der Waals surface area contributed by atoms with Gasteiger partial charge in [0.25, 0.3) is 0 Å². The molecule has 2 heterocycles. The molecular formula is C10H9N3O2. The molecule has 0 N–H and O–H groups in total. The van der Waals surface area contributed by atoms with Gasteiger partial charge in [0.05, 0.1) is 13.1 Å². The number of carbonyl (C=O) groups is 1. The SMILES string of the molecule is N#Cc1cncc2c1OCCN(C=O)C2. The number of aromatic nitrogens is 1. The molecule has 15 heavy (non-hydrogen) atoms. The molecule has 0 bridgehead atoms. The second-order valence-corrected chi connectivity index (χ2v) is 3.21. The Morgan fingerprint density at radius 1 is 1.60 bits per heavy atom. The largest absolute Gasteiger partial charge is 0.490 e. The molecule has 1 aromatic heterocycles. The van der Waals surface area contributed by atoms with Crippen LogP contribution in [0.4, 0.5) is 0 Å². The minimum absolute atomic E-state index is 0.407. The minimum atomic E-state index is 0.407. The number of pyridine rings is 1. The van der Waals surface area contributed by atoms with Crippen molar-refractivity contribution < 1.29 is 9.53 Å². The van der Waals surface area contributed by atoms with Crippen molar-refractivity contribution in [2.24, 2.45) is 0 Å². The van der Waals surface area contributed by atoms with Crippen LogP contribution in [0.2, 0.25) is 0 Å². The summed E-state index contributed by atoms with van der Waals surface area (Å²) < 4.78 is 5.44. The Morgan fingerprint density at radius 2 is 2.47 bits per heavy atom. The molecule has 0 aliphatic carbocycles. The average Bonchev–Trinajstić information content (AvgIpc) is 2.49. The standard InChI is InChI=1S/C10H9N3O2/c11-3-8-4-12-5-9-6-13(7-14)1-2-15-10(8)9/h4-5,7H,1-2,6H2. The summed E-state index contributed by atoms with van der Waals surface area (Å²) in [5.41, 5.74) is 1.19. The van der Waals surface area contributed by atoms with Gasteiger partial charge < -0.3 is 9.64 Å². The third kappa shape index (κ3) is 1.74. The van der Waals surface area contributed by atoms with Crippen LogP contribution in [0.15, 0.2) is 12.4 Å². The lowest BCUT2D eigenvalue weighted by Crippen LogP contribution is -2.23. The molecule has 0 saturated heterocycles. The zero-order valence-electron chi connectivity index (χ0n) is 8.01. The Labute approximate surface area is 86.9 Å². The lowest BCUT2D eigenvalue weighted by Gasteiger charge is -2.11. The highest BCUT2D eigenvalue weighted by Gasteiger charge is 2.17. The van der Waals surface area contributed by atoms with Gasteiger partial charge in [0.15, 0.2) is 0 Å². The predicted molar refractivity (Wildman–Crippen MR) is 50.9 cm³/mol. The topological polar surface area (TPSA) is 66.2 Å². The van der Waals surface area contributed by atoms with Gasteiger partial charge in [-0.25, -0.2) is 0 Å². The van der Waals surface area contributed by atoms with Gasteiger partial charge in [-0.15, -0.1) is 0 Å². The summed E-state index contributed by atoms with van der Waals surface area (Å²) in [6, 6.07) is 2.02. The Hall–Kier alpha value is -2.09. The van der Waals surface area contributed by atoms with Crippen LogP contribution in [-0.2, 0) is 11.3 Å². The molecule has 0 saturated carbocycles. The number of fused-ring (bicyclic) bond motifs is 1. The fourth-order valence-corrected chi connectivity index (χ4v) is 1.51. The van der Waals surface area contributed by atoms with E-state index in [1.54, 1.807) is 11.1 Å². The van der Waals surface area contributed by atoms with Crippen LogP contribution in [0.5, 0.6) is 5.75 Å². The van der Waals surface area contributed by atoms with E-state index in [0.29, 0.717) is 31.0 Å². The molecule has 0 unspecified atom stereocenters. The summed E-state index contributed by atoms with van der Waals surface area (Å²) in [6.45, 7) is 1.38. The molecule has 1 aliphatic heterocycles. The van der Waals surface area contributed by atoms with Crippen LogP contribution in [0.1, 0.15) is 11.1 Å². The molecular weight excluding hydrogens is 194 g/mol. The molecule has 1 aromatic rings. The molecule has 2 rings (SSSR count). The minimum Gasteiger partial charge on any atom is -0.490 e. The van der Waals surface area contributed by atoms with Gasteiger partial charge in [-0.1, -0.05) is 0 Å². The first-order valence-corrected chi connectivity index (χ1v) is 4.54. The first-order chi connectivity index (χ1) is 7.35. The summed E-state index contributed by atoms with van der Waals surface area (Å²) in [5.74, 6) is 0.553. The number of carbonyl (C=O) groups excluding carboxylic acids is 1. The smallest absolute Gasteiger partial charge is 0.210 e. The normalized spacial score (nSPS) is 14.5. The fraction of sp³-hybridized carbons (Fsp3) is 0.300. The molecule has 0 fully saturated rings. The number of hydrogen-bond acceptors (Lipinski definition) is 4. The van der Waals surface area contributed by atoms with E-state index in [0.717, 1.165) is 12.0 Å². The third-order valence-corrected chi connectivity index (χ3v) is 2.24. The first-order valence-electron chi connectivity index (χ1n) is 4.54. The third-order valence-electron chi connectivity index (χ3n) is 2.24. The van der Waals surface area contributed by atoms with E-state index in [2.05, 4.69) is 4.98 Å².